The van der Waals surface area contributed by atoms with Crippen LogP contribution in [0, 0.1) is 18.3 Å². The van der Waals surface area contributed by atoms with Crippen molar-refractivity contribution in [3.63, 3.8) is 0 Å². The SMILES string of the molecule is Cc1ccc(Oc2nc3ccccn3c(=O)c2/C=C(\C#N)c2nc3ccccc3s2)cc1. The molecule has 6 nitrogen and oxygen atoms in total. The number of nitrogens with zero attached hydrogens (tertiary/aromatic N) is 4. The molecule has 0 amide bonds. The van der Waals surface area contributed by atoms with Gasteiger partial charge in [0.1, 0.15) is 28.0 Å². The molecule has 0 bridgehead atoms. The number of aromatic nitrogens is 3. The second-order valence-corrected chi connectivity index (χ2v) is 8.17. The molecule has 0 radical (unpaired) electrons. The first-order valence-electron chi connectivity index (χ1n) is 9.86. The molecule has 154 valence electrons. The van der Waals surface area contributed by atoms with Crippen LogP contribution in [0.1, 0.15) is 16.1 Å². The minimum atomic E-state index is -0.327. The molecule has 0 unspecified atom stereocenters. The van der Waals surface area contributed by atoms with E-state index < -0.39 is 0 Å². The number of allylic oxidation sites excluding steroid dienone is 1. The molecule has 32 heavy (non-hydrogen) atoms. The van der Waals surface area contributed by atoms with Crippen molar-refractivity contribution in [3.8, 4) is 17.7 Å². The first-order valence-corrected chi connectivity index (χ1v) is 10.7. The van der Waals surface area contributed by atoms with Crippen LogP contribution in [-0.2, 0) is 0 Å². The Bertz CT molecular complexity index is 1560. The van der Waals surface area contributed by atoms with Gasteiger partial charge in [0.15, 0.2) is 0 Å². The fourth-order valence-electron chi connectivity index (χ4n) is 3.28. The summed E-state index contributed by atoms with van der Waals surface area (Å²) >= 11 is 1.40. The molecular weight excluding hydrogens is 420 g/mol. The molecule has 5 aromatic rings. The monoisotopic (exact) mass is 436 g/mol. The van der Waals surface area contributed by atoms with Gasteiger partial charge in [-0.3, -0.25) is 9.20 Å². The second-order valence-electron chi connectivity index (χ2n) is 7.14. The van der Waals surface area contributed by atoms with Crippen LogP contribution < -0.4 is 10.3 Å². The van der Waals surface area contributed by atoms with E-state index in [0.29, 0.717) is 16.4 Å². The minimum absolute atomic E-state index is 0.138. The summed E-state index contributed by atoms with van der Waals surface area (Å²) in [6.07, 6.45) is 3.15. The van der Waals surface area contributed by atoms with E-state index in [-0.39, 0.29) is 22.6 Å². The van der Waals surface area contributed by atoms with Crippen molar-refractivity contribution in [1.29, 1.82) is 5.26 Å². The summed E-state index contributed by atoms with van der Waals surface area (Å²) < 4.78 is 8.40. The molecule has 0 aliphatic heterocycles. The summed E-state index contributed by atoms with van der Waals surface area (Å²) in [4.78, 5) is 22.4. The third kappa shape index (κ3) is 3.64. The number of hydrogen-bond acceptors (Lipinski definition) is 6. The van der Waals surface area contributed by atoms with E-state index >= 15 is 0 Å². The lowest BCUT2D eigenvalue weighted by Crippen LogP contribution is -2.18. The number of pyridine rings is 1. The van der Waals surface area contributed by atoms with E-state index in [1.165, 1.54) is 21.8 Å². The molecule has 0 spiro atoms. The van der Waals surface area contributed by atoms with E-state index in [0.717, 1.165) is 15.8 Å². The highest BCUT2D eigenvalue weighted by atomic mass is 32.1. The van der Waals surface area contributed by atoms with Gasteiger partial charge in [0.05, 0.1) is 15.8 Å². The number of ether oxygens (including phenoxy) is 1. The molecule has 0 saturated heterocycles. The summed E-state index contributed by atoms with van der Waals surface area (Å²) in [6.45, 7) is 1.98. The van der Waals surface area contributed by atoms with Crippen LogP contribution in [0.15, 0.2) is 77.7 Å². The average Bonchev–Trinajstić information content (AvgIpc) is 3.24. The molecule has 0 fully saturated rings. The van der Waals surface area contributed by atoms with Crippen LogP contribution in [0.5, 0.6) is 11.6 Å². The van der Waals surface area contributed by atoms with Crippen molar-refractivity contribution in [3.05, 3.63) is 99.4 Å². The van der Waals surface area contributed by atoms with E-state index in [4.69, 9.17) is 4.74 Å². The number of hydrogen-bond donors (Lipinski definition) is 0. The third-order valence-corrected chi connectivity index (χ3v) is 5.97. The van der Waals surface area contributed by atoms with Crippen LogP contribution in [0.4, 0.5) is 0 Å². The minimum Gasteiger partial charge on any atom is -0.438 e. The number of fused-ring (bicyclic) bond motifs is 2. The Kier molecular flexibility index (Phi) is 4.98. The van der Waals surface area contributed by atoms with Gasteiger partial charge in [0, 0.05) is 6.20 Å². The van der Waals surface area contributed by atoms with Crippen molar-refractivity contribution in [2.24, 2.45) is 0 Å². The highest BCUT2D eigenvalue weighted by molar-refractivity contribution is 7.19. The Morgan fingerprint density at radius 1 is 1.06 bits per heavy atom. The van der Waals surface area contributed by atoms with Crippen molar-refractivity contribution >= 4 is 38.8 Å². The lowest BCUT2D eigenvalue weighted by Gasteiger charge is -2.10. The number of nitriles is 1. The fourth-order valence-corrected chi connectivity index (χ4v) is 4.21. The maximum atomic E-state index is 13.3. The molecule has 0 aliphatic carbocycles. The Hall–Kier alpha value is -4.28. The molecule has 3 heterocycles. The predicted octanol–water partition coefficient (Wildman–Crippen LogP) is 5.47. The van der Waals surface area contributed by atoms with Gasteiger partial charge in [-0.05, 0) is 49.4 Å². The van der Waals surface area contributed by atoms with E-state index in [1.807, 2.05) is 55.5 Å². The largest absolute Gasteiger partial charge is 0.438 e. The van der Waals surface area contributed by atoms with Gasteiger partial charge in [-0.2, -0.15) is 10.2 Å². The number of para-hydroxylation sites is 1. The van der Waals surface area contributed by atoms with Crippen LogP contribution in [-0.4, -0.2) is 14.4 Å². The van der Waals surface area contributed by atoms with Crippen LogP contribution in [0.2, 0.25) is 0 Å². The number of benzene rings is 2. The normalized spacial score (nSPS) is 11.6. The van der Waals surface area contributed by atoms with Gasteiger partial charge in [-0.1, -0.05) is 35.9 Å². The Balaban J connectivity index is 1.70. The average molecular weight is 436 g/mol. The summed E-state index contributed by atoms with van der Waals surface area (Å²) in [5.74, 6) is 0.690. The van der Waals surface area contributed by atoms with Gasteiger partial charge >= 0.3 is 0 Å². The van der Waals surface area contributed by atoms with Crippen LogP contribution >= 0.6 is 11.3 Å². The highest BCUT2D eigenvalue weighted by Crippen LogP contribution is 2.30. The van der Waals surface area contributed by atoms with E-state index in [1.54, 1.807) is 24.4 Å². The predicted molar refractivity (Wildman–Crippen MR) is 126 cm³/mol. The second kappa shape index (κ2) is 8.10. The fraction of sp³-hybridized carbons (Fsp3) is 0.0400. The summed E-state index contributed by atoms with van der Waals surface area (Å²) in [6, 6.07) is 22.6. The first-order chi connectivity index (χ1) is 15.6. The Morgan fingerprint density at radius 2 is 1.84 bits per heavy atom. The molecule has 5 rings (SSSR count). The third-order valence-electron chi connectivity index (χ3n) is 4.90. The maximum Gasteiger partial charge on any atom is 0.269 e. The summed E-state index contributed by atoms with van der Waals surface area (Å²) in [5.41, 5.74) is 2.48. The molecule has 3 aromatic heterocycles. The zero-order chi connectivity index (χ0) is 22.1. The quantitative estimate of drug-likeness (QED) is 0.349. The zero-order valence-corrected chi connectivity index (χ0v) is 17.8. The van der Waals surface area contributed by atoms with Gasteiger partial charge in [0.2, 0.25) is 5.88 Å². The van der Waals surface area contributed by atoms with Crippen LogP contribution in [0.3, 0.4) is 0 Å². The first kappa shape index (κ1) is 19.7. The Morgan fingerprint density at radius 3 is 2.62 bits per heavy atom. The molecular formula is C25H16N4O2S. The molecule has 2 aromatic carbocycles. The number of aryl methyl sites for hydroxylation is 1. The van der Waals surface area contributed by atoms with Gasteiger partial charge in [-0.25, -0.2) is 4.98 Å². The smallest absolute Gasteiger partial charge is 0.269 e. The molecule has 0 N–H and O–H groups in total. The molecule has 0 atom stereocenters. The maximum absolute atomic E-state index is 13.3. The van der Waals surface area contributed by atoms with Gasteiger partial charge < -0.3 is 4.74 Å². The van der Waals surface area contributed by atoms with E-state index in [2.05, 4.69) is 16.0 Å². The Labute approximate surface area is 187 Å². The lowest BCUT2D eigenvalue weighted by atomic mass is 10.2. The van der Waals surface area contributed by atoms with Gasteiger partial charge in [0.25, 0.3) is 5.56 Å². The van der Waals surface area contributed by atoms with Gasteiger partial charge in [-0.15, -0.1) is 11.3 Å². The highest BCUT2D eigenvalue weighted by Gasteiger charge is 2.16. The van der Waals surface area contributed by atoms with E-state index in [9.17, 15) is 10.1 Å². The van der Waals surface area contributed by atoms with Crippen molar-refractivity contribution < 1.29 is 4.74 Å². The lowest BCUT2D eigenvalue weighted by molar-refractivity contribution is 0.461. The van der Waals surface area contributed by atoms with Crippen molar-refractivity contribution in [2.45, 2.75) is 6.92 Å². The zero-order valence-electron chi connectivity index (χ0n) is 17.0. The summed E-state index contributed by atoms with van der Waals surface area (Å²) in [5, 5.41) is 10.4. The molecule has 0 aliphatic rings. The van der Waals surface area contributed by atoms with Crippen molar-refractivity contribution in [2.75, 3.05) is 0 Å². The molecule has 7 heteroatoms. The summed E-state index contributed by atoms with van der Waals surface area (Å²) in [7, 11) is 0. The molecule has 0 saturated carbocycles. The number of thiazole rings is 1. The van der Waals surface area contributed by atoms with Crippen LogP contribution in [0.25, 0.3) is 27.5 Å². The topological polar surface area (TPSA) is 80.3 Å². The van der Waals surface area contributed by atoms with Crippen molar-refractivity contribution in [1.82, 2.24) is 14.4 Å². The standard InChI is InChI=1S/C25H16N4O2S/c1-16-9-11-18(12-10-16)31-23-19(25(30)29-13-5-4-8-22(29)28-23)14-17(15-26)24-27-20-6-2-3-7-21(20)32-24/h2-14H,1H3/b17-14+. The number of rotatable bonds is 4.